The SMILES string of the molecule is C=CCOC(=O)N(COC1CCCCO1)c1cc(OCCCC(=O)OC)c(OC)cc1C(N)=O. The molecule has 188 valence electrons. The van der Waals surface area contributed by atoms with Crippen LogP contribution in [0.2, 0.25) is 0 Å². The highest BCUT2D eigenvalue weighted by atomic mass is 16.7. The number of carbonyl (C=O) groups excluding carboxylic acids is 3. The summed E-state index contributed by atoms with van der Waals surface area (Å²) in [5.41, 5.74) is 5.70. The van der Waals surface area contributed by atoms with Gasteiger partial charge >= 0.3 is 12.1 Å². The number of methoxy groups -OCH3 is 2. The van der Waals surface area contributed by atoms with Crippen LogP contribution in [0.15, 0.2) is 24.8 Å². The molecule has 0 aliphatic carbocycles. The Morgan fingerprint density at radius 2 is 2.03 bits per heavy atom. The standard InChI is InChI=1S/C23H32N2O9/c1-4-10-33-23(28)25(15-34-21-9-5-6-11-32-21)17-14-19(31-12-7-8-20(26)30-3)18(29-2)13-16(17)22(24)27/h4,13-14,21H,1,5-12,15H2,2-3H3,(H2,24,27). The molecule has 1 aromatic rings. The van der Waals surface area contributed by atoms with Gasteiger partial charge in [-0.15, -0.1) is 0 Å². The van der Waals surface area contributed by atoms with E-state index in [1.807, 2.05) is 0 Å². The number of esters is 1. The number of nitrogens with two attached hydrogens (primary N) is 1. The maximum absolute atomic E-state index is 12.8. The van der Waals surface area contributed by atoms with Crippen molar-refractivity contribution in [1.29, 1.82) is 0 Å². The van der Waals surface area contributed by atoms with E-state index in [1.54, 1.807) is 0 Å². The number of nitrogens with zero attached hydrogens (tertiary/aromatic N) is 1. The van der Waals surface area contributed by atoms with Gasteiger partial charge in [0.25, 0.3) is 5.91 Å². The van der Waals surface area contributed by atoms with Gasteiger partial charge in [-0.2, -0.15) is 0 Å². The lowest BCUT2D eigenvalue weighted by atomic mass is 10.1. The summed E-state index contributed by atoms with van der Waals surface area (Å²) in [4.78, 5) is 37.5. The van der Waals surface area contributed by atoms with Crippen molar-refractivity contribution < 1.29 is 42.8 Å². The summed E-state index contributed by atoms with van der Waals surface area (Å²) in [5, 5.41) is 0. The number of rotatable bonds is 13. The number of primary amides is 1. The van der Waals surface area contributed by atoms with Crippen LogP contribution in [-0.2, 0) is 23.7 Å². The highest BCUT2D eigenvalue weighted by Gasteiger charge is 2.27. The average molecular weight is 481 g/mol. The summed E-state index contributed by atoms with van der Waals surface area (Å²) in [6.45, 7) is 3.95. The largest absolute Gasteiger partial charge is 0.493 e. The molecule has 0 aromatic heterocycles. The molecule has 2 N–H and O–H groups in total. The first-order valence-corrected chi connectivity index (χ1v) is 10.9. The predicted octanol–water partition coefficient (Wildman–Crippen LogP) is 2.76. The highest BCUT2D eigenvalue weighted by Crippen LogP contribution is 2.36. The predicted molar refractivity (Wildman–Crippen MR) is 122 cm³/mol. The molecule has 0 spiro atoms. The van der Waals surface area contributed by atoms with Crippen molar-refractivity contribution in [1.82, 2.24) is 0 Å². The van der Waals surface area contributed by atoms with Gasteiger partial charge in [-0.05, 0) is 31.7 Å². The Balaban J connectivity index is 2.33. The van der Waals surface area contributed by atoms with Gasteiger partial charge in [0, 0.05) is 19.1 Å². The lowest BCUT2D eigenvalue weighted by molar-refractivity contribution is -0.161. The fraction of sp³-hybridized carbons (Fsp3) is 0.522. The van der Waals surface area contributed by atoms with E-state index in [-0.39, 0.29) is 55.1 Å². The lowest BCUT2D eigenvalue weighted by Crippen LogP contribution is -2.38. The third kappa shape index (κ3) is 7.92. The Labute approximate surface area is 198 Å². The molecule has 1 fully saturated rings. The molecule has 1 heterocycles. The average Bonchev–Trinajstić information content (AvgIpc) is 2.85. The van der Waals surface area contributed by atoms with Crippen LogP contribution in [0, 0.1) is 0 Å². The quantitative estimate of drug-likeness (QED) is 0.196. The van der Waals surface area contributed by atoms with Crippen molar-refractivity contribution in [2.45, 2.75) is 38.4 Å². The third-order valence-electron chi connectivity index (χ3n) is 4.92. The summed E-state index contributed by atoms with van der Waals surface area (Å²) < 4.78 is 32.2. The molecule has 11 nitrogen and oxygen atoms in total. The number of carbonyl (C=O) groups is 3. The molecule has 1 aliphatic rings. The monoisotopic (exact) mass is 480 g/mol. The van der Waals surface area contributed by atoms with Crippen LogP contribution in [-0.4, -0.2) is 65.0 Å². The van der Waals surface area contributed by atoms with Crippen LogP contribution in [0.5, 0.6) is 11.5 Å². The van der Waals surface area contributed by atoms with Crippen LogP contribution in [0.25, 0.3) is 0 Å². The second kappa shape index (κ2) is 14.1. The number of anilines is 1. The fourth-order valence-corrected chi connectivity index (χ4v) is 3.17. The second-order valence-electron chi connectivity index (χ2n) is 7.30. The van der Waals surface area contributed by atoms with Crippen molar-refractivity contribution in [3.05, 3.63) is 30.4 Å². The van der Waals surface area contributed by atoms with Gasteiger partial charge in [0.1, 0.15) is 13.3 Å². The molecule has 2 amide bonds. The molecule has 1 atom stereocenters. The zero-order chi connectivity index (χ0) is 24.9. The first kappa shape index (κ1) is 26.9. The Morgan fingerprint density at radius 3 is 2.65 bits per heavy atom. The van der Waals surface area contributed by atoms with Crippen LogP contribution >= 0.6 is 0 Å². The summed E-state index contributed by atoms with van der Waals surface area (Å²) in [6.07, 6.45) is 3.25. The highest BCUT2D eigenvalue weighted by molar-refractivity contribution is 6.03. The van der Waals surface area contributed by atoms with E-state index < -0.39 is 18.3 Å². The number of amides is 2. The van der Waals surface area contributed by atoms with Gasteiger partial charge in [0.15, 0.2) is 17.8 Å². The van der Waals surface area contributed by atoms with Crippen molar-refractivity contribution in [2.24, 2.45) is 5.73 Å². The minimum atomic E-state index is -0.791. The molecule has 0 radical (unpaired) electrons. The number of ether oxygens (including phenoxy) is 6. The van der Waals surface area contributed by atoms with E-state index in [4.69, 9.17) is 29.4 Å². The van der Waals surface area contributed by atoms with E-state index in [9.17, 15) is 14.4 Å². The Bertz CT molecular complexity index is 853. The van der Waals surface area contributed by atoms with Crippen molar-refractivity contribution in [3.8, 4) is 11.5 Å². The topological polar surface area (TPSA) is 136 Å². The van der Waals surface area contributed by atoms with Gasteiger partial charge in [-0.3, -0.25) is 14.5 Å². The maximum Gasteiger partial charge on any atom is 0.416 e. The number of hydrogen-bond donors (Lipinski definition) is 1. The minimum Gasteiger partial charge on any atom is -0.493 e. The van der Waals surface area contributed by atoms with E-state index >= 15 is 0 Å². The van der Waals surface area contributed by atoms with Gasteiger partial charge in [-0.1, -0.05) is 12.7 Å². The second-order valence-corrected chi connectivity index (χ2v) is 7.30. The van der Waals surface area contributed by atoms with E-state index in [0.717, 1.165) is 17.7 Å². The molecule has 1 aromatic carbocycles. The van der Waals surface area contributed by atoms with E-state index in [2.05, 4.69) is 11.3 Å². The molecule has 0 saturated carbocycles. The molecule has 34 heavy (non-hydrogen) atoms. The molecule has 11 heteroatoms. The lowest BCUT2D eigenvalue weighted by Gasteiger charge is -2.28. The summed E-state index contributed by atoms with van der Waals surface area (Å²) in [7, 11) is 2.71. The Hall–Kier alpha value is -3.31. The molecule has 2 rings (SSSR count). The van der Waals surface area contributed by atoms with Crippen LogP contribution in [0.4, 0.5) is 10.5 Å². The Morgan fingerprint density at radius 1 is 1.24 bits per heavy atom. The fourth-order valence-electron chi connectivity index (χ4n) is 3.17. The zero-order valence-electron chi connectivity index (χ0n) is 19.6. The van der Waals surface area contributed by atoms with Crippen LogP contribution < -0.4 is 20.1 Å². The summed E-state index contributed by atoms with van der Waals surface area (Å²) in [6, 6.07) is 2.82. The summed E-state index contributed by atoms with van der Waals surface area (Å²) in [5.74, 6) is -0.686. The smallest absolute Gasteiger partial charge is 0.416 e. The van der Waals surface area contributed by atoms with Gasteiger partial charge in [0.2, 0.25) is 0 Å². The molecule has 1 unspecified atom stereocenters. The first-order chi connectivity index (χ1) is 16.4. The molecular weight excluding hydrogens is 448 g/mol. The molecular formula is C23H32N2O9. The number of benzene rings is 1. The van der Waals surface area contributed by atoms with E-state index in [0.29, 0.717) is 19.4 Å². The first-order valence-electron chi connectivity index (χ1n) is 10.9. The zero-order valence-corrected chi connectivity index (χ0v) is 19.6. The normalized spacial score (nSPS) is 15.2. The van der Waals surface area contributed by atoms with Gasteiger partial charge < -0.3 is 34.2 Å². The van der Waals surface area contributed by atoms with Crippen molar-refractivity contribution >= 4 is 23.7 Å². The van der Waals surface area contributed by atoms with Crippen molar-refractivity contribution in [2.75, 3.05) is 45.7 Å². The summed E-state index contributed by atoms with van der Waals surface area (Å²) >= 11 is 0. The van der Waals surface area contributed by atoms with E-state index in [1.165, 1.54) is 32.4 Å². The number of hydrogen-bond acceptors (Lipinski definition) is 9. The third-order valence-corrected chi connectivity index (χ3v) is 4.92. The molecule has 0 bridgehead atoms. The molecule has 1 saturated heterocycles. The van der Waals surface area contributed by atoms with Gasteiger partial charge in [-0.25, -0.2) is 4.79 Å². The maximum atomic E-state index is 12.8. The molecule has 1 aliphatic heterocycles. The van der Waals surface area contributed by atoms with Crippen LogP contribution in [0.1, 0.15) is 42.5 Å². The van der Waals surface area contributed by atoms with Gasteiger partial charge in [0.05, 0.1) is 32.1 Å². The van der Waals surface area contributed by atoms with Crippen molar-refractivity contribution in [3.63, 3.8) is 0 Å². The minimum absolute atomic E-state index is 0.00229. The Kier molecular flexibility index (Phi) is 11.1. The van der Waals surface area contributed by atoms with Crippen LogP contribution in [0.3, 0.4) is 0 Å².